The van der Waals surface area contributed by atoms with Gasteiger partial charge in [0.25, 0.3) is 5.91 Å². The Kier molecular flexibility index (Phi) is 6.22. The standard InChI is InChI=1S/C25H25N7O/c1-17-9-6-7-13-23(17)31-18(2)21(16-29-31)25(33)28-14-8-12-22-20(15-26)24(27)32(30-22)19-10-4-3-5-11-19/h3-7,9-11,13,16H,8,12,14,27H2,1-2H3,(H,28,33). The lowest BCUT2D eigenvalue weighted by molar-refractivity contribution is 0.0952. The number of nitrogens with one attached hydrogen (secondary N) is 1. The van der Waals surface area contributed by atoms with Crippen LogP contribution >= 0.6 is 0 Å². The van der Waals surface area contributed by atoms with Crippen molar-refractivity contribution in [1.82, 2.24) is 24.9 Å². The number of rotatable bonds is 7. The molecule has 4 aromatic rings. The van der Waals surface area contributed by atoms with Crippen LogP contribution in [0.1, 0.15) is 39.3 Å². The minimum Gasteiger partial charge on any atom is -0.382 e. The second-order valence-corrected chi connectivity index (χ2v) is 7.77. The molecule has 0 saturated heterocycles. The number of hydrogen-bond acceptors (Lipinski definition) is 5. The van der Waals surface area contributed by atoms with Crippen molar-refractivity contribution in [3.63, 3.8) is 0 Å². The van der Waals surface area contributed by atoms with Gasteiger partial charge in [0.05, 0.1) is 34.5 Å². The van der Waals surface area contributed by atoms with Crippen LogP contribution in [0.3, 0.4) is 0 Å². The van der Waals surface area contributed by atoms with Crippen LogP contribution < -0.4 is 11.1 Å². The van der Waals surface area contributed by atoms with E-state index in [0.717, 1.165) is 22.6 Å². The van der Waals surface area contributed by atoms with E-state index in [0.29, 0.717) is 42.0 Å². The summed E-state index contributed by atoms with van der Waals surface area (Å²) in [5, 5.41) is 21.4. The van der Waals surface area contributed by atoms with Gasteiger partial charge >= 0.3 is 0 Å². The van der Waals surface area contributed by atoms with Crippen molar-refractivity contribution in [2.24, 2.45) is 0 Å². The monoisotopic (exact) mass is 439 g/mol. The van der Waals surface area contributed by atoms with Gasteiger partial charge in [-0.25, -0.2) is 9.36 Å². The first kappa shape index (κ1) is 21.8. The van der Waals surface area contributed by atoms with E-state index in [1.165, 1.54) is 0 Å². The lowest BCUT2D eigenvalue weighted by atomic mass is 10.1. The first-order valence-electron chi connectivity index (χ1n) is 10.7. The quantitative estimate of drug-likeness (QED) is 0.428. The van der Waals surface area contributed by atoms with E-state index < -0.39 is 0 Å². The normalized spacial score (nSPS) is 10.7. The molecule has 0 fully saturated rings. The number of para-hydroxylation sites is 2. The first-order chi connectivity index (χ1) is 16.0. The summed E-state index contributed by atoms with van der Waals surface area (Å²) in [7, 11) is 0. The molecule has 0 aliphatic heterocycles. The molecule has 0 unspecified atom stereocenters. The third-order valence-electron chi connectivity index (χ3n) is 5.58. The molecule has 2 aromatic heterocycles. The Morgan fingerprint density at radius 3 is 2.55 bits per heavy atom. The Bertz CT molecular complexity index is 1330. The number of aromatic nitrogens is 4. The molecule has 0 aliphatic carbocycles. The maximum absolute atomic E-state index is 12.7. The van der Waals surface area contributed by atoms with E-state index >= 15 is 0 Å². The fraction of sp³-hybridized carbons (Fsp3) is 0.200. The van der Waals surface area contributed by atoms with Crippen LogP contribution in [0.15, 0.2) is 60.8 Å². The molecule has 0 bridgehead atoms. The molecule has 8 heteroatoms. The summed E-state index contributed by atoms with van der Waals surface area (Å²) in [5.41, 5.74) is 11.3. The predicted molar refractivity (Wildman–Crippen MR) is 126 cm³/mol. The summed E-state index contributed by atoms with van der Waals surface area (Å²) >= 11 is 0. The Balaban J connectivity index is 1.40. The van der Waals surface area contributed by atoms with Gasteiger partial charge in [-0.3, -0.25) is 4.79 Å². The van der Waals surface area contributed by atoms with E-state index in [9.17, 15) is 10.1 Å². The third-order valence-corrected chi connectivity index (χ3v) is 5.58. The number of amides is 1. The van der Waals surface area contributed by atoms with Crippen molar-refractivity contribution < 1.29 is 4.79 Å². The van der Waals surface area contributed by atoms with E-state index in [4.69, 9.17) is 5.73 Å². The van der Waals surface area contributed by atoms with Gasteiger partial charge in [-0.2, -0.15) is 15.5 Å². The van der Waals surface area contributed by atoms with Crippen LogP contribution in [0.5, 0.6) is 0 Å². The molecule has 1 amide bonds. The highest BCUT2D eigenvalue weighted by Crippen LogP contribution is 2.21. The Labute approximate surface area is 192 Å². The molecule has 2 heterocycles. The van der Waals surface area contributed by atoms with Crippen molar-refractivity contribution in [2.75, 3.05) is 12.3 Å². The lowest BCUT2D eigenvalue weighted by Gasteiger charge is -2.09. The van der Waals surface area contributed by atoms with E-state index in [2.05, 4.69) is 21.6 Å². The summed E-state index contributed by atoms with van der Waals surface area (Å²) < 4.78 is 3.36. The predicted octanol–water partition coefficient (Wildman–Crippen LogP) is 3.49. The van der Waals surface area contributed by atoms with Crippen LogP contribution in [0.4, 0.5) is 5.82 Å². The number of nitrogen functional groups attached to an aromatic ring is 1. The fourth-order valence-electron chi connectivity index (χ4n) is 3.77. The molecule has 0 aliphatic rings. The van der Waals surface area contributed by atoms with Gasteiger partial charge in [0.2, 0.25) is 0 Å². The van der Waals surface area contributed by atoms with E-state index in [1.54, 1.807) is 15.6 Å². The summed E-state index contributed by atoms with van der Waals surface area (Å²) in [5.74, 6) is 0.143. The second-order valence-electron chi connectivity index (χ2n) is 7.77. The number of nitrogens with two attached hydrogens (primary N) is 1. The average Bonchev–Trinajstić information content (AvgIpc) is 3.36. The maximum atomic E-state index is 12.7. The number of nitrogens with zero attached hydrogens (tertiary/aromatic N) is 5. The number of benzene rings is 2. The number of hydrogen-bond donors (Lipinski definition) is 2. The zero-order valence-corrected chi connectivity index (χ0v) is 18.6. The van der Waals surface area contributed by atoms with Gasteiger partial charge in [-0.15, -0.1) is 0 Å². The van der Waals surface area contributed by atoms with Crippen LogP contribution in [0, 0.1) is 25.2 Å². The number of anilines is 1. The van der Waals surface area contributed by atoms with Gasteiger partial charge in [0, 0.05) is 6.54 Å². The smallest absolute Gasteiger partial charge is 0.254 e. The number of carbonyl (C=O) groups is 1. The summed E-state index contributed by atoms with van der Waals surface area (Å²) in [6.07, 6.45) is 2.73. The van der Waals surface area contributed by atoms with Crippen LogP contribution in [-0.2, 0) is 6.42 Å². The van der Waals surface area contributed by atoms with Gasteiger partial charge in [0.15, 0.2) is 0 Å². The molecule has 0 saturated carbocycles. The van der Waals surface area contributed by atoms with E-state index in [-0.39, 0.29) is 5.91 Å². The van der Waals surface area contributed by atoms with Crippen molar-refractivity contribution in [3.05, 3.63) is 88.9 Å². The second kappa shape index (κ2) is 9.40. The molecule has 0 atom stereocenters. The zero-order chi connectivity index (χ0) is 23.4. The Morgan fingerprint density at radius 2 is 1.82 bits per heavy atom. The number of aryl methyl sites for hydroxylation is 2. The van der Waals surface area contributed by atoms with Crippen molar-refractivity contribution in [2.45, 2.75) is 26.7 Å². The highest BCUT2D eigenvalue weighted by Gasteiger charge is 2.18. The molecule has 8 nitrogen and oxygen atoms in total. The SMILES string of the molecule is Cc1ccccc1-n1ncc(C(=O)NCCCc2nn(-c3ccccc3)c(N)c2C#N)c1C. The Hall–Kier alpha value is -4.38. The fourth-order valence-corrected chi connectivity index (χ4v) is 3.77. The van der Waals surface area contributed by atoms with Crippen molar-refractivity contribution in [3.8, 4) is 17.4 Å². The molecule has 0 spiro atoms. The van der Waals surface area contributed by atoms with Gasteiger partial charge in [-0.05, 0) is 50.5 Å². The van der Waals surface area contributed by atoms with Crippen molar-refractivity contribution in [1.29, 1.82) is 5.26 Å². The minimum absolute atomic E-state index is 0.179. The highest BCUT2D eigenvalue weighted by molar-refractivity contribution is 5.95. The molecular weight excluding hydrogens is 414 g/mol. The van der Waals surface area contributed by atoms with Crippen LogP contribution in [0.2, 0.25) is 0 Å². The Morgan fingerprint density at radius 1 is 1.09 bits per heavy atom. The molecule has 166 valence electrons. The van der Waals surface area contributed by atoms with Crippen LogP contribution in [0.25, 0.3) is 11.4 Å². The molecule has 4 rings (SSSR count). The van der Waals surface area contributed by atoms with Crippen LogP contribution in [-0.4, -0.2) is 32.0 Å². The maximum Gasteiger partial charge on any atom is 0.254 e. The van der Waals surface area contributed by atoms with E-state index in [1.807, 2.05) is 68.4 Å². The molecule has 3 N–H and O–H groups in total. The molecular formula is C25H25N7O. The largest absolute Gasteiger partial charge is 0.382 e. The topological polar surface area (TPSA) is 115 Å². The minimum atomic E-state index is -0.179. The summed E-state index contributed by atoms with van der Waals surface area (Å²) in [6.45, 7) is 4.33. The third kappa shape index (κ3) is 4.34. The number of nitriles is 1. The first-order valence-corrected chi connectivity index (χ1v) is 10.7. The molecule has 2 aromatic carbocycles. The average molecular weight is 440 g/mol. The highest BCUT2D eigenvalue weighted by atomic mass is 16.1. The molecule has 0 radical (unpaired) electrons. The zero-order valence-electron chi connectivity index (χ0n) is 18.6. The van der Waals surface area contributed by atoms with Crippen molar-refractivity contribution >= 4 is 11.7 Å². The summed E-state index contributed by atoms with van der Waals surface area (Å²) in [4.78, 5) is 12.7. The van der Waals surface area contributed by atoms with Gasteiger partial charge in [0.1, 0.15) is 17.5 Å². The van der Waals surface area contributed by atoms with Gasteiger partial charge < -0.3 is 11.1 Å². The lowest BCUT2D eigenvalue weighted by Crippen LogP contribution is -2.25. The number of carbonyl (C=O) groups excluding carboxylic acids is 1. The molecule has 33 heavy (non-hydrogen) atoms. The van der Waals surface area contributed by atoms with Gasteiger partial charge in [-0.1, -0.05) is 36.4 Å². The summed E-state index contributed by atoms with van der Waals surface area (Å²) in [6, 6.07) is 19.5.